The molecule has 1 aromatic carbocycles. The van der Waals surface area contributed by atoms with E-state index in [9.17, 15) is 0 Å². The molecule has 0 unspecified atom stereocenters. The maximum Gasteiger partial charge on any atom is 0.161 e. The highest BCUT2D eigenvalue weighted by molar-refractivity contribution is 7.09. The first-order valence-electron chi connectivity index (χ1n) is 7.87. The molecule has 0 fully saturated rings. The summed E-state index contributed by atoms with van der Waals surface area (Å²) in [6.45, 7) is 8.44. The number of hydrogen-bond donors (Lipinski definition) is 1. The molecule has 0 spiro atoms. The molecule has 2 aromatic rings. The maximum absolute atomic E-state index is 5.90. The lowest BCUT2D eigenvalue weighted by Crippen LogP contribution is -2.24. The number of rotatable bonds is 9. The molecular formula is C18H25NO2S. The summed E-state index contributed by atoms with van der Waals surface area (Å²) in [5, 5.41) is 5.56. The van der Waals surface area contributed by atoms with Crippen molar-refractivity contribution in [2.75, 3.05) is 6.61 Å². The van der Waals surface area contributed by atoms with Crippen LogP contribution in [0.15, 0.2) is 35.7 Å². The zero-order valence-corrected chi connectivity index (χ0v) is 14.4. The van der Waals surface area contributed by atoms with Crippen molar-refractivity contribution in [1.29, 1.82) is 0 Å². The molecular weight excluding hydrogens is 294 g/mol. The van der Waals surface area contributed by atoms with Crippen molar-refractivity contribution >= 4 is 11.3 Å². The lowest BCUT2D eigenvalue weighted by atomic mass is 10.1. The first-order valence-corrected chi connectivity index (χ1v) is 8.75. The summed E-state index contributed by atoms with van der Waals surface area (Å²) in [5.41, 5.74) is 1.22. The van der Waals surface area contributed by atoms with Gasteiger partial charge in [-0.05, 0) is 49.4 Å². The Balaban J connectivity index is 2.02. The van der Waals surface area contributed by atoms with Crippen molar-refractivity contribution in [3.05, 3.63) is 46.2 Å². The standard InChI is InChI=1S/C18H25NO2S/c1-4-14(3)19-12-15-8-9-17(18(11-15)20-5-2)21-13-16-7-6-10-22-16/h6-11,14,19H,4-5,12-13H2,1-3H3/t14-/m1/s1. The fourth-order valence-corrected chi connectivity index (χ4v) is 2.65. The molecule has 0 amide bonds. The number of ether oxygens (including phenoxy) is 2. The van der Waals surface area contributed by atoms with Gasteiger partial charge in [0.1, 0.15) is 6.61 Å². The predicted octanol–water partition coefficient (Wildman–Crippen LogP) is 4.61. The molecule has 0 aliphatic heterocycles. The first-order chi connectivity index (χ1) is 10.7. The number of hydrogen-bond acceptors (Lipinski definition) is 4. The molecule has 120 valence electrons. The normalized spacial score (nSPS) is 12.1. The van der Waals surface area contributed by atoms with E-state index in [1.165, 1.54) is 10.4 Å². The number of benzene rings is 1. The van der Waals surface area contributed by atoms with E-state index >= 15 is 0 Å². The molecule has 3 nitrogen and oxygen atoms in total. The van der Waals surface area contributed by atoms with Crippen LogP contribution in [-0.2, 0) is 13.2 Å². The highest BCUT2D eigenvalue weighted by atomic mass is 32.1. The summed E-state index contributed by atoms with van der Waals surface area (Å²) in [4.78, 5) is 1.21. The van der Waals surface area contributed by atoms with Crippen LogP contribution in [0.2, 0.25) is 0 Å². The maximum atomic E-state index is 5.90. The Labute approximate surface area is 137 Å². The van der Waals surface area contributed by atoms with E-state index < -0.39 is 0 Å². The molecule has 0 aliphatic carbocycles. The monoisotopic (exact) mass is 319 g/mol. The molecule has 0 aliphatic rings. The average molecular weight is 319 g/mol. The van der Waals surface area contributed by atoms with E-state index in [1.54, 1.807) is 11.3 Å². The highest BCUT2D eigenvalue weighted by Gasteiger charge is 2.08. The Morgan fingerprint density at radius 2 is 2.00 bits per heavy atom. The Hall–Kier alpha value is -1.52. The summed E-state index contributed by atoms with van der Waals surface area (Å²) in [6.07, 6.45) is 1.13. The molecule has 1 aromatic heterocycles. The fourth-order valence-electron chi connectivity index (χ4n) is 2.03. The SMILES string of the molecule is CCOc1cc(CN[C@H](C)CC)ccc1OCc1cccs1. The first kappa shape index (κ1) is 16.8. The van der Waals surface area contributed by atoms with E-state index in [0.717, 1.165) is 24.5 Å². The van der Waals surface area contributed by atoms with Crippen LogP contribution in [0.3, 0.4) is 0 Å². The van der Waals surface area contributed by atoms with Gasteiger partial charge in [0.15, 0.2) is 11.5 Å². The van der Waals surface area contributed by atoms with Crippen LogP contribution in [0.5, 0.6) is 11.5 Å². The van der Waals surface area contributed by atoms with Gasteiger partial charge in [-0.25, -0.2) is 0 Å². The Bertz CT molecular complexity index is 554. The minimum Gasteiger partial charge on any atom is -0.490 e. The van der Waals surface area contributed by atoms with E-state index in [-0.39, 0.29) is 0 Å². The fraction of sp³-hybridized carbons (Fsp3) is 0.444. The minimum atomic E-state index is 0.519. The predicted molar refractivity (Wildman–Crippen MR) is 92.9 cm³/mol. The average Bonchev–Trinajstić information content (AvgIpc) is 3.05. The molecule has 1 N–H and O–H groups in total. The van der Waals surface area contributed by atoms with Crippen LogP contribution in [0.25, 0.3) is 0 Å². The van der Waals surface area contributed by atoms with Gasteiger partial charge >= 0.3 is 0 Å². The molecule has 0 saturated carbocycles. The molecule has 1 atom stereocenters. The second kappa shape index (κ2) is 8.81. The quantitative estimate of drug-likeness (QED) is 0.732. The van der Waals surface area contributed by atoms with Crippen molar-refractivity contribution in [3.63, 3.8) is 0 Å². The molecule has 1 heterocycles. The van der Waals surface area contributed by atoms with Crippen LogP contribution in [0.1, 0.15) is 37.6 Å². The van der Waals surface area contributed by atoms with E-state index in [4.69, 9.17) is 9.47 Å². The Kier molecular flexibility index (Phi) is 6.74. The van der Waals surface area contributed by atoms with Gasteiger partial charge in [-0.1, -0.05) is 19.1 Å². The van der Waals surface area contributed by atoms with Crippen LogP contribution in [0.4, 0.5) is 0 Å². The highest BCUT2D eigenvalue weighted by Crippen LogP contribution is 2.29. The van der Waals surface area contributed by atoms with Gasteiger partial charge in [-0.3, -0.25) is 0 Å². The smallest absolute Gasteiger partial charge is 0.161 e. The van der Waals surface area contributed by atoms with E-state index in [0.29, 0.717) is 19.3 Å². The van der Waals surface area contributed by atoms with Crippen LogP contribution in [0, 0.1) is 0 Å². The summed E-state index contributed by atoms with van der Waals surface area (Å²) in [6, 6.07) is 10.8. The van der Waals surface area contributed by atoms with Crippen molar-refractivity contribution in [1.82, 2.24) is 5.32 Å². The van der Waals surface area contributed by atoms with Crippen LogP contribution < -0.4 is 14.8 Å². The van der Waals surface area contributed by atoms with Crippen molar-refractivity contribution < 1.29 is 9.47 Å². The molecule has 0 bridgehead atoms. The number of nitrogens with one attached hydrogen (secondary N) is 1. The molecule has 22 heavy (non-hydrogen) atoms. The number of thiophene rings is 1. The molecule has 2 rings (SSSR count). The largest absolute Gasteiger partial charge is 0.490 e. The third-order valence-electron chi connectivity index (χ3n) is 3.53. The van der Waals surface area contributed by atoms with Gasteiger partial charge in [0.2, 0.25) is 0 Å². The van der Waals surface area contributed by atoms with Gasteiger partial charge in [0.05, 0.1) is 6.61 Å². The zero-order chi connectivity index (χ0) is 15.8. The summed E-state index contributed by atoms with van der Waals surface area (Å²) in [7, 11) is 0. The minimum absolute atomic E-state index is 0.519. The van der Waals surface area contributed by atoms with E-state index in [2.05, 4.69) is 42.7 Å². The Morgan fingerprint density at radius 1 is 1.14 bits per heavy atom. The summed E-state index contributed by atoms with van der Waals surface area (Å²) >= 11 is 1.70. The third kappa shape index (κ3) is 5.04. The molecule has 4 heteroatoms. The van der Waals surface area contributed by atoms with Gasteiger partial charge in [-0.2, -0.15) is 0 Å². The van der Waals surface area contributed by atoms with Gasteiger partial charge in [0, 0.05) is 17.5 Å². The lowest BCUT2D eigenvalue weighted by Gasteiger charge is -2.15. The van der Waals surface area contributed by atoms with Gasteiger partial charge < -0.3 is 14.8 Å². The molecule has 0 saturated heterocycles. The lowest BCUT2D eigenvalue weighted by molar-refractivity contribution is 0.271. The van der Waals surface area contributed by atoms with Crippen molar-refractivity contribution in [2.24, 2.45) is 0 Å². The van der Waals surface area contributed by atoms with Crippen molar-refractivity contribution in [3.8, 4) is 11.5 Å². The van der Waals surface area contributed by atoms with Crippen molar-refractivity contribution in [2.45, 2.75) is 46.4 Å². The zero-order valence-electron chi connectivity index (χ0n) is 13.6. The van der Waals surface area contributed by atoms with E-state index in [1.807, 2.05) is 19.1 Å². The van der Waals surface area contributed by atoms with Gasteiger partial charge in [0.25, 0.3) is 0 Å². The summed E-state index contributed by atoms with van der Waals surface area (Å²) in [5.74, 6) is 1.63. The topological polar surface area (TPSA) is 30.5 Å². The summed E-state index contributed by atoms with van der Waals surface area (Å²) < 4.78 is 11.6. The van der Waals surface area contributed by atoms with Gasteiger partial charge in [-0.15, -0.1) is 11.3 Å². The third-order valence-corrected chi connectivity index (χ3v) is 4.37. The second-order valence-corrected chi connectivity index (χ2v) is 6.30. The second-order valence-electron chi connectivity index (χ2n) is 5.27. The Morgan fingerprint density at radius 3 is 2.68 bits per heavy atom. The van der Waals surface area contributed by atoms with Crippen LogP contribution >= 0.6 is 11.3 Å². The molecule has 0 radical (unpaired) electrons. The van der Waals surface area contributed by atoms with Crippen LogP contribution in [-0.4, -0.2) is 12.6 Å².